The summed E-state index contributed by atoms with van der Waals surface area (Å²) in [5.41, 5.74) is 0.295. The van der Waals surface area contributed by atoms with Crippen LogP contribution in [0.1, 0.15) is 33.1 Å². The summed E-state index contributed by atoms with van der Waals surface area (Å²) >= 11 is 0. The van der Waals surface area contributed by atoms with E-state index in [9.17, 15) is 0 Å². The second-order valence-electron chi connectivity index (χ2n) is 4.10. The van der Waals surface area contributed by atoms with Crippen LogP contribution in [0.2, 0.25) is 0 Å². The Morgan fingerprint density at radius 2 is 1.67 bits per heavy atom. The highest BCUT2D eigenvalue weighted by Gasteiger charge is 2.41. The fourth-order valence-electron chi connectivity index (χ4n) is 1.21. The van der Waals surface area contributed by atoms with Gasteiger partial charge in [0.05, 0.1) is 0 Å². The fourth-order valence-corrected chi connectivity index (χ4v) is 1.21. The van der Waals surface area contributed by atoms with Crippen molar-refractivity contribution in [1.29, 1.82) is 0 Å². The van der Waals surface area contributed by atoms with E-state index in [2.05, 4.69) is 32.8 Å². The van der Waals surface area contributed by atoms with Crippen molar-refractivity contribution in [3.05, 3.63) is 0 Å². The number of nitrogens with zero attached hydrogens (tertiary/aromatic N) is 1. The Kier molecular flexibility index (Phi) is 5.51. The predicted molar refractivity (Wildman–Crippen MR) is 53.3 cm³/mol. The van der Waals surface area contributed by atoms with E-state index >= 15 is 0 Å². The Morgan fingerprint density at radius 1 is 1.25 bits per heavy atom. The zero-order valence-corrected chi connectivity index (χ0v) is 8.93. The van der Waals surface area contributed by atoms with Gasteiger partial charge in [-0.15, -0.1) is 0 Å². The summed E-state index contributed by atoms with van der Waals surface area (Å²) in [7, 11) is 4.10. The van der Waals surface area contributed by atoms with Crippen LogP contribution in [0.25, 0.3) is 0 Å². The molecular weight excluding hydrogens is 150 g/mol. The van der Waals surface area contributed by atoms with Gasteiger partial charge in [0.2, 0.25) is 0 Å². The van der Waals surface area contributed by atoms with E-state index in [1.165, 1.54) is 19.3 Å². The number of rotatable bonds is 3. The highest BCUT2D eigenvalue weighted by molar-refractivity contribution is 4.93. The van der Waals surface area contributed by atoms with Crippen molar-refractivity contribution >= 4 is 0 Å². The molecule has 1 saturated carbocycles. The quantitative estimate of drug-likeness (QED) is 0.702. The molecule has 0 aromatic carbocycles. The van der Waals surface area contributed by atoms with Gasteiger partial charge in [0.1, 0.15) is 0 Å². The molecule has 0 heterocycles. The zero-order valence-electron chi connectivity index (χ0n) is 8.93. The van der Waals surface area contributed by atoms with Gasteiger partial charge in [-0.25, -0.2) is 0 Å². The minimum Gasteiger partial charge on any atom is -0.396 e. The van der Waals surface area contributed by atoms with Crippen LogP contribution in [0.5, 0.6) is 0 Å². The largest absolute Gasteiger partial charge is 0.396 e. The minimum atomic E-state index is 0.295. The predicted octanol–water partition coefficient (Wildman–Crippen LogP) is 1.74. The highest BCUT2D eigenvalue weighted by Crippen LogP contribution is 2.45. The second-order valence-corrected chi connectivity index (χ2v) is 4.10. The lowest BCUT2D eigenvalue weighted by atomic mass is 10.1. The fraction of sp³-hybridized carbons (Fsp3) is 1.00. The van der Waals surface area contributed by atoms with Gasteiger partial charge in [-0.05, 0) is 26.9 Å². The molecule has 0 unspecified atom stereocenters. The van der Waals surface area contributed by atoms with E-state index in [1.807, 2.05) is 0 Å². The lowest BCUT2D eigenvalue weighted by molar-refractivity contribution is 0.176. The molecule has 1 aliphatic rings. The third-order valence-corrected chi connectivity index (χ3v) is 1.94. The Balaban J connectivity index is 0.000000354. The van der Waals surface area contributed by atoms with E-state index in [0.29, 0.717) is 12.0 Å². The molecule has 0 radical (unpaired) electrons. The van der Waals surface area contributed by atoms with Gasteiger partial charge in [0.25, 0.3) is 0 Å². The third kappa shape index (κ3) is 4.73. The highest BCUT2D eigenvalue weighted by atomic mass is 16.3. The van der Waals surface area contributed by atoms with Gasteiger partial charge in [-0.3, -0.25) is 0 Å². The lowest BCUT2D eigenvalue weighted by Crippen LogP contribution is -2.25. The van der Waals surface area contributed by atoms with Crippen molar-refractivity contribution in [3.63, 3.8) is 0 Å². The molecule has 2 heteroatoms. The van der Waals surface area contributed by atoms with Crippen molar-refractivity contribution < 1.29 is 5.11 Å². The van der Waals surface area contributed by atoms with Gasteiger partial charge in [-0.2, -0.15) is 0 Å². The average molecular weight is 173 g/mol. The minimum absolute atomic E-state index is 0.295. The summed E-state index contributed by atoms with van der Waals surface area (Å²) in [6.07, 6.45) is 3.67. The van der Waals surface area contributed by atoms with Crippen LogP contribution in [0.3, 0.4) is 0 Å². The first-order chi connectivity index (χ1) is 5.60. The SMILES string of the molecule is CCC.CN(C)CC1(CO)CC1. The molecule has 0 saturated heterocycles. The van der Waals surface area contributed by atoms with Crippen molar-refractivity contribution in [3.8, 4) is 0 Å². The second kappa shape index (κ2) is 5.55. The zero-order chi connectivity index (χ0) is 9.61. The van der Waals surface area contributed by atoms with Crippen molar-refractivity contribution in [2.24, 2.45) is 5.41 Å². The van der Waals surface area contributed by atoms with Crippen molar-refractivity contribution in [1.82, 2.24) is 4.90 Å². The Hall–Kier alpha value is -0.0800. The molecule has 0 aromatic heterocycles. The Morgan fingerprint density at radius 3 is 1.75 bits per heavy atom. The maximum absolute atomic E-state index is 8.88. The molecule has 74 valence electrons. The van der Waals surface area contributed by atoms with Crippen LogP contribution in [-0.4, -0.2) is 37.3 Å². The van der Waals surface area contributed by atoms with Gasteiger partial charge in [0.15, 0.2) is 0 Å². The van der Waals surface area contributed by atoms with Gasteiger partial charge >= 0.3 is 0 Å². The smallest absolute Gasteiger partial charge is 0.0499 e. The summed E-state index contributed by atoms with van der Waals surface area (Å²) in [4.78, 5) is 2.14. The van der Waals surface area contributed by atoms with Gasteiger partial charge in [0, 0.05) is 18.6 Å². The normalized spacial score (nSPS) is 18.5. The maximum Gasteiger partial charge on any atom is 0.0499 e. The van der Waals surface area contributed by atoms with Crippen LogP contribution < -0.4 is 0 Å². The molecule has 2 nitrogen and oxygen atoms in total. The number of aliphatic hydroxyl groups is 1. The van der Waals surface area contributed by atoms with Crippen LogP contribution in [0.15, 0.2) is 0 Å². The molecular formula is C10H23NO. The summed E-state index contributed by atoms with van der Waals surface area (Å²) in [5.74, 6) is 0. The van der Waals surface area contributed by atoms with Gasteiger partial charge < -0.3 is 10.0 Å². The van der Waals surface area contributed by atoms with Crippen LogP contribution in [0.4, 0.5) is 0 Å². The number of aliphatic hydroxyl groups excluding tert-OH is 1. The molecule has 0 amide bonds. The van der Waals surface area contributed by atoms with Crippen LogP contribution >= 0.6 is 0 Å². The number of hydrogen-bond donors (Lipinski definition) is 1. The molecule has 0 aromatic rings. The molecule has 1 rings (SSSR count). The van der Waals surface area contributed by atoms with Crippen molar-refractivity contribution in [2.75, 3.05) is 27.2 Å². The molecule has 1 aliphatic carbocycles. The van der Waals surface area contributed by atoms with Crippen LogP contribution in [-0.2, 0) is 0 Å². The van der Waals surface area contributed by atoms with E-state index in [0.717, 1.165) is 6.54 Å². The topological polar surface area (TPSA) is 23.5 Å². The van der Waals surface area contributed by atoms with E-state index < -0.39 is 0 Å². The Labute approximate surface area is 76.6 Å². The Bertz CT molecular complexity index is 108. The first-order valence-corrected chi connectivity index (χ1v) is 4.86. The lowest BCUT2D eigenvalue weighted by Gasteiger charge is -2.16. The standard InChI is InChI=1S/C7H15NO.C3H8/c1-8(2)5-7(6-9)3-4-7;1-3-2/h9H,3-6H2,1-2H3;3H2,1-2H3. The molecule has 1 fully saturated rings. The van der Waals surface area contributed by atoms with E-state index in [-0.39, 0.29) is 0 Å². The number of hydrogen-bond acceptors (Lipinski definition) is 2. The molecule has 0 bridgehead atoms. The monoisotopic (exact) mass is 173 g/mol. The summed E-state index contributed by atoms with van der Waals surface area (Å²) in [5, 5.41) is 8.88. The molecule has 0 atom stereocenters. The summed E-state index contributed by atoms with van der Waals surface area (Å²) in [6.45, 7) is 5.66. The average Bonchev–Trinajstić information content (AvgIpc) is 2.70. The maximum atomic E-state index is 8.88. The summed E-state index contributed by atoms with van der Waals surface area (Å²) in [6, 6.07) is 0. The molecule has 12 heavy (non-hydrogen) atoms. The van der Waals surface area contributed by atoms with Crippen molar-refractivity contribution in [2.45, 2.75) is 33.1 Å². The van der Waals surface area contributed by atoms with E-state index in [4.69, 9.17) is 5.11 Å². The van der Waals surface area contributed by atoms with E-state index in [1.54, 1.807) is 0 Å². The third-order valence-electron chi connectivity index (χ3n) is 1.94. The first kappa shape index (κ1) is 11.9. The van der Waals surface area contributed by atoms with Crippen LogP contribution in [0, 0.1) is 5.41 Å². The van der Waals surface area contributed by atoms with Gasteiger partial charge in [-0.1, -0.05) is 20.3 Å². The molecule has 1 N–H and O–H groups in total. The molecule has 0 spiro atoms. The molecule has 0 aliphatic heterocycles. The first-order valence-electron chi connectivity index (χ1n) is 4.86. The summed E-state index contributed by atoms with van der Waals surface area (Å²) < 4.78 is 0.